The van der Waals surface area contributed by atoms with E-state index in [2.05, 4.69) is 4.90 Å². The van der Waals surface area contributed by atoms with Crippen molar-refractivity contribution in [2.24, 2.45) is 17.8 Å². The Labute approximate surface area is 128 Å². The SMILES string of the molecule is COc1cc(Cl)cc(CN2C[C@@H]3C(C(=O)O)[C@@H]3C2)c1OC. The summed E-state index contributed by atoms with van der Waals surface area (Å²) in [5, 5.41) is 9.66. The van der Waals surface area contributed by atoms with Crippen LogP contribution >= 0.6 is 11.6 Å². The van der Waals surface area contributed by atoms with E-state index in [0.717, 1.165) is 18.7 Å². The van der Waals surface area contributed by atoms with Crippen LogP contribution in [-0.4, -0.2) is 43.3 Å². The van der Waals surface area contributed by atoms with Crippen LogP contribution in [0.4, 0.5) is 0 Å². The van der Waals surface area contributed by atoms with E-state index in [0.29, 0.717) is 34.9 Å². The average Bonchev–Trinajstić information content (AvgIpc) is 2.96. The zero-order valence-corrected chi connectivity index (χ0v) is 12.8. The Morgan fingerprint density at radius 2 is 2.00 bits per heavy atom. The van der Waals surface area contributed by atoms with Crippen LogP contribution in [0.15, 0.2) is 12.1 Å². The van der Waals surface area contributed by atoms with E-state index < -0.39 is 5.97 Å². The second kappa shape index (κ2) is 5.39. The molecule has 1 unspecified atom stereocenters. The number of benzene rings is 1. The van der Waals surface area contributed by atoms with E-state index in [4.69, 9.17) is 26.2 Å². The van der Waals surface area contributed by atoms with Gasteiger partial charge in [0.15, 0.2) is 11.5 Å². The van der Waals surface area contributed by atoms with Gasteiger partial charge in [-0.3, -0.25) is 9.69 Å². The number of carboxylic acids is 1. The maximum absolute atomic E-state index is 11.0. The van der Waals surface area contributed by atoms with Crippen molar-refractivity contribution in [1.82, 2.24) is 4.90 Å². The highest BCUT2D eigenvalue weighted by Gasteiger charge is 2.59. The van der Waals surface area contributed by atoms with Crippen LogP contribution in [0.3, 0.4) is 0 Å². The van der Waals surface area contributed by atoms with E-state index in [1.165, 1.54) is 0 Å². The normalized spacial score (nSPS) is 27.3. The molecule has 3 rings (SSSR count). The van der Waals surface area contributed by atoms with Gasteiger partial charge >= 0.3 is 5.97 Å². The third-order valence-corrected chi connectivity index (χ3v) is 4.69. The lowest BCUT2D eigenvalue weighted by Gasteiger charge is -2.21. The van der Waals surface area contributed by atoms with Crippen molar-refractivity contribution in [1.29, 1.82) is 0 Å². The summed E-state index contributed by atoms with van der Waals surface area (Å²) in [4.78, 5) is 13.2. The first kappa shape index (κ1) is 14.5. The third kappa shape index (κ3) is 2.56. The van der Waals surface area contributed by atoms with Gasteiger partial charge in [-0.1, -0.05) is 11.6 Å². The molecule has 1 N–H and O–H groups in total. The fourth-order valence-electron chi connectivity index (χ4n) is 3.47. The predicted octanol–water partition coefficient (Wildman–Crippen LogP) is 2.12. The summed E-state index contributed by atoms with van der Waals surface area (Å²) in [6, 6.07) is 3.60. The van der Waals surface area contributed by atoms with Gasteiger partial charge in [0.2, 0.25) is 0 Å². The number of rotatable bonds is 5. The summed E-state index contributed by atoms with van der Waals surface area (Å²) >= 11 is 6.11. The molecule has 114 valence electrons. The highest BCUT2D eigenvalue weighted by Crippen LogP contribution is 2.52. The highest BCUT2D eigenvalue weighted by molar-refractivity contribution is 6.30. The molecule has 2 fully saturated rings. The van der Waals surface area contributed by atoms with Gasteiger partial charge in [0.25, 0.3) is 0 Å². The van der Waals surface area contributed by atoms with Crippen molar-refractivity contribution in [3.63, 3.8) is 0 Å². The zero-order chi connectivity index (χ0) is 15.1. The monoisotopic (exact) mass is 311 g/mol. The molecule has 1 heterocycles. The second-order valence-electron chi connectivity index (χ2n) is 5.69. The fraction of sp³-hybridized carbons (Fsp3) is 0.533. The second-order valence-corrected chi connectivity index (χ2v) is 6.12. The molecule has 1 saturated carbocycles. The molecule has 5 nitrogen and oxygen atoms in total. The smallest absolute Gasteiger partial charge is 0.307 e. The molecule has 1 aromatic rings. The predicted molar refractivity (Wildman–Crippen MR) is 77.9 cm³/mol. The number of likely N-dealkylation sites (tertiary alicyclic amines) is 1. The van der Waals surface area contributed by atoms with Gasteiger partial charge < -0.3 is 14.6 Å². The Balaban J connectivity index is 1.72. The maximum Gasteiger partial charge on any atom is 0.307 e. The topological polar surface area (TPSA) is 59.0 Å². The Morgan fingerprint density at radius 1 is 1.33 bits per heavy atom. The van der Waals surface area contributed by atoms with Gasteiger partial charge in [-0.25, -0.2) is 0 Å². The first-order chi connectivity index (χ1) is 10.0. The van der Waals surface area contributed by atoms with Crippen molar-refractivity contribution in [2.75, 3.05) is 27.3 Å². The van der Waals surface area contributed by atoms with Crippen molar-refractivity contribution in [2.45, 2.75) is 6.54 Å². The first-order valence-electron chi connectivity index (χ1n) is 6.90. The Hall–Kier alpha value is -1.46. The average molecular weight is 312 g/mol. The molecule has 2 aliphatic rings. The van der Waals surface area contributed by atoms with Gasteiger partial charge in [0.1, 0.15) is 0 Å². The van der Waals surface area contributed by atoms with Crippen LogP contribution in [-0.2, 0) is 11.3 Å². The molecular weight excluding hydrogens is 294 g/mol. The number of halogens is 1. The lowest BCUT2D eigenvalue weighted by Crippen LogP contribution is -2.26. The molecule has 0 radical (unpaired) electrons. The number of ether oxygens (including phenoxy) is 2. The van der Waals surface area contributed by atoms with E-state index in [9.17, 15) is 4.79 Å². The summed E-state index contributed by atoms with van der Waals surface area (Å²) in [5.41, 5.74) is 0.968. The first-order valence-corrected chi connectivity index (χ1v) is 7.28. The molecular formula is C15H18ClNO4. The van der Waals surface area contributed by atoms with Crippen molar-refractivity contribution < 1.29 is 19.4 Å². The van der Waals surface area contributed by atoms with E-state index >= 15 is 0 Å². The van der Waals surface area contributed by atoms with E-state index in [1.807, 2.05) is 6.07 Å². The minimum absolute atomic E-state index is 0.142. The van der Waals surface area contributed by atoms with Gasteiger partial charge in [-0.2, -0.15) is 0 Å². The van der Waals surface area contributed by atoms with Crippen molar-refractivity contribution in [3.8, 4) is 11.5 Å². The number of fused-ring (bicyclic) bond motifs is 1. The van der Waals surface area contributed by atoms with Gasteiger partial charge in [-0.05, 0) is 17.9 Å². The van der Waals surface area contributed by atoms with Crippen LogP contribution < -0.4 is 9.47 Å². The van der Waals surface area contributed by atoms with Crippen LogP contribution in [0.2, 0.25) is 5.02 Å². The molecule has 1 aliphatic heterocycles. The Kier molecular flexibility index (Phi) is 3.71. The molecule has 0 aromatic heterocycles. The highest BCUT2D eigenvalue weighted by atomic mass is 35.5. The summed E-state index contributed by atoms with van der Waals surface area (Å²) in [6.07, 6.45) is 0. The summed E-state index contributed by atoms with van der Waals surface area (Å²) in [7, 11) is 3.19. The minimum atomic E-state index is -0.661. The maximum atomic E-state index is 11.0. The molecule has 0 bridgehead atoms. The summed E-state index contributed by atoms with van der Waals surface area (Å²) in [6.45, 7) is 2.33. The zero-order valence-electron chi connectivity index (χ0n) is 12.0. The van der Waals surface area contributed by atoms with Gasteiger partial charge in [0, 0.05) is 36.3 Å². The molecule has 3 atom stereocenters. The fourth-order valence-corrected chi connectivity index (χ4v) is 3.70. The van der Waals surface area contributed by atoms with Crippen molar-refractivity contribution in [3.05, 3.63) is 22.7 Å². The summed E-state index contributed by atoms with van der Waals surface area (Å²) < 4.78 is 10.7. The lowest BCUT2D eigenvalue weighted by atomic mass is 10.1. The number of methoxy groups -OCH3 is 2. The molecule has 6 heteroatoms. The number of hydrogen-bond acceptors (Lipinski definition) is 4. The molecule has 1 aromatic carbocycles. The van der Waals surface area contributed by atoms with Crippen LogP contribution in [0, 0.1) is 17.8 Å². The van der Waals surface area contributed by atoms with E-state index in [-0.39, 0.29) is 5.92 Å². The van der Waals surface area contributed by atoms with E-state index in [1.54, 1.807) is 20.3 Å². The molecule has 0 amide bonds. The molecule has 21 heavy (non-hydrogen) atoms. The number of hydrogen-bond donors (Lipinski definition) is 1. The molecule has 1 saturated heterocycles. The van der Waals surface area contributed by atoms with Crippen LogP contribution in [0.5, 0.6) is 11.5 Å². The number of carboxylic acid groups (broad SMARTS) is 1. The molecule has 1 aliphatic carbocycles. The quantitative estimate of drug-likeness (QED) is 0.902. The minimum Gasteiger partial charge on any atom is -0.493 e. The number of nitrogens with zero attached hydrogens (tertiary/aromatic N) is 1. The Bertz CT molecular complexity index is 565. The standard InChI is InChI=1S/C15H18ClNO4/c1-20-12-4-9(16)3-8(14(12)21-2)5-17-6-10-11(7-17)13(10)15(18)19/h3-4,10-11,13H,5-7H2,1-2H3,(H,18,19)/t10-,11+,13?. The number of aliphatic carboxylic acids is 1. The third-order valence-electron chi connectivity index (χ3n) is 4.47. The molecule has 0 spiro atoms. The summed E-state index contributed by atoms with van der Waals surface area (Å²) in [5.74, 6) is 1.11. The lowest BCUT2D eigenvalue weighted by molar-refractivity contribution is -0.139. The number of carbonyl (C=O) groups is 1. The number of piperidine rings is 1. The van der Waals surface area contributed by atoms with Crippen LogP contribution in [0.25, 0.3) is 0 Å². The van der Waals surface area contributed by atoms with Crippen LogP contribution in [0.1, 0.15) is 5.56 Å². The van der Waals surface area contributed by atoms with Gasteiger partial charge in [0.05, 0.1) is 20.1 Å². The largest absolute Gasteiger partial charge is 0.493 e. The van der Waals surface area contributed by atoms with Crippen molar-refractivity contribution >= 4 is 17.6 Å². The Morgan fingerprint density at radius 3 is 2.52 bits per heavy atom. The van der Waals surface area contributed by atoms with Gasteiger partial charge in [-0.15, -0.1) is 0 Å².